The van der Waals surface area contributed by atoms with Crippen LogP contribution in [-0.2, 0) is 21.3 Å². The van der Waals surface area contributed by atoms with E-state index in [4.69, 9.17) is 5.73 Å². The second-order valence-electron chi connectivity index (χ2n) is 4.32. The molecule has 0 saturated carbocycles. The summed E-state index contributed by atoms with van der Waals surface area (Å²) in [6.45, 7) is 2.57. The fourth-order valence-corrected chi connectivity index (χ4v) is 2.95. The summed E-state index contributed by atoms with van der Waals surface area (Å²) in [6, 6.07) is 1.32. The second-order valence-corrected chi connectivity index (χ2v) is 6.44. The van der Waals surface area contributed by atoms with Crippen LogP contribution in [0, 0.1) is 0 Å². The molecule has 1 aromatic heterocycles. The van der Waals surface area contributed by atoms with Crippen LogP contribution in [0.2, 0.25) is 0 Å². The summed E-state index contributed by atoms with van der Waals surface area (Å²) in [5.41, 5.74) is 3.55. The number of carbonyl (C=O) groups excluding carboxylic acids is 2. The Morgan fingerprint density at radius 2 is 2.05 bits per heavy atom. The van der Waals surface area contributed by atoms with E-state index in [0.29, 0.717) is 4.88 Å². The van der Waals surface area contributed by atoms with Gasteiger partial charge in [0, 0.05) is 4.88 Å². The van der Waals surface area contributed by atoms with Gasteiger partial charge in [0.25, 0.3) is 11.8 Å². The van der Waals surface area contributed by atoms with Crippen molar-refractivity contribution in [3.05, 3.63) is 16.5 Å². The lowest BCUT2D eigenvalue weighted by atomic mass is 10.1. The Morgan fingerprint density at radius 3 is 2.47 bits per heavy atom. The van der Waals surface area contributed by atoms with E-state index in [2.05, 4.69) is 5.32 Å². The molecule has 1 heterocycles. The summed E-state index contributed by atoms with van der Waals surface area (Å²) in [7, 11) is -2.64. The van der Waals surface area contributed by atoms with Gasteiger partial charge < -0.3 is 16.2 Å². The first kappa shape index (κ1) is 15.6. The first-order chi connectivity index (χ1) is 8.61. The van der Waals surface area contributed by atoms with Gasteiger partial charge in [-0.15, -0.1) is 11.3 Å². The lowest BCUT2D eigenvalue weighted by Crippen LogP contribution is -2.36. The van der Waals surface area contributed by atoms with Gasteiger partial charge in [0.05, 0.1) is 11.3 Å². The molecule has 0 bridgehead atoms. The Balaban J connectivity index is 3.08. The molecule has 0 aromatic carbocycles. The van der Waals surface area contributed by atoms with Crippen molar-refractivity contribution >= 4 is 38.9 Å². The van der Waals surface area contributed by atoms with E-state index in [1.807, 2.05) is 0 Å². The fraction of sp³-hybridized carbons (Fsp3) is 0.400. The zero-order valence-corrected chi connectivity index (χ0v) is 12.0. The standard InChI is InChI=1S/C10H14N2O5S2/c1-10(2,15)9(14)12-8-6(7(11)13)3-5(18-8)4-19(16)17/h3,15,19H,4H2,1-2H3,(H2,11,13)(H,12,14). The average molecular weight is 306 g/mol. The molecule has 0 unspecified atom stereocenters. The van der Waals surface area contributed by atoms with Crippen LogP contribution in [0.4, 0.5) is 5.00 Å². The molecule has 7 nitrogen and oxygen atoms in total. The summed E-state index contributed by atoms with van der Waals surface area (Å²) in [5.74, 6) is -1.73. The molecule has 4 N–H and O–H groups in total. The van der Waals surface area contributed by atoms with E-state index in [0.717, 1.165) is 11.3 Å². The minimum atomic E-state index is -2.64. The minimum absolute atomic E-state index is 0.0226. The van der Waals surface area contributed by atoms with Crippen molar-refractivity contribution in [2.45, 2.75) is 25.2 Å². The Hall–Kier alpha value is -1.45. The Kier molecular flexibility index (Phi) is 4.66. The van der Waals surface area contributed by atoms with Gasteiger partial charge >= 0.3 is 0 Å². The summed E-state index contributed by atoms with van der Waals surface area (Å²) >= 11 is 0.933. The van der Waals surface area contributed by atoms with E-state index in [1.165, 1.54) is 19.9 Å². The van der Waals surface area contributed by atoms with Crippen molar-refractivity contribution in [3.63, 3.8) is 0 Å². The maximum atomic E-state index is 11.6. The quantitative estimate of drug-likeness (QED) is 0.554. The monoisotopic (exact) mass is 306 g/mol. The molecule has 1 aromatic rings. The molecular formula is C10H14N2O5S2. The zero-order valence-electron chi connectivity index (χ0n) is 10.3. The molecule has 9 heteroatoms. The van der Waals surface area contributed by atoms with Crippen LogP contribution >= 0.6 is 11.3 Å². The van der Waals surface area contributed by atoms with Crippen LogP contribution in [0.25, 0.3) is 0 Å². The largest absolute Gasteiger partial charge is 0.381 e. The van der Waals surface area contributed by atoms with Crippen LogP contribution in [0.1, 0.15) is 29.1 Å². The first-order valence-electron chi connectivity index (χ1n) is 5.19. The average Bonchev–Trinajstić information content (AvgIpc) is 2.58. The fourth-order valence-electron chi connectivity index (χ4n) is 1.18. The highest BCUT2D eigenvalue weighted by Gasteiger charge is 2.26. The Morgan fingerprint density at radius 1 is 1.47 bits per heavy atom. The topological polar surface area (TPSA) is 127 Å². The summed E-state index contributed by atoms with van der Waals surface area (Å²) in [6.07, 6.45) is 0. The Bertz CT molecular complexity index is 575. The van der Waals surface area contributed by atoms with Gasteiger partial charge in [0.2, 0.25) is 0 Å². The molecule has 1 rings (SSSR count). The lowest BCUT2D eigenvalue weighted by Gasteiger charge is -2.16. The molecule has 2 amide bonds. The third kappa shape index (κ3) is 4.30. The van der Waals surface area contributed by atoms with Gasteiger partial charge in [-0.05, 0) is 19.9 Å². The van der Waals surface area contributed by atoms with Crippen molar-refractivity contribution in [2.75, 3.05) is 5.32 Å². The summed E-state index contributed by atoms with van der Waals surface area (Å²) in [5, 5.41) is 12.0. The molecule has 0 spiro atoms. The number of thiol groups is 1. The normalized spacial score (nSPS) is 11.6. The molecule has 0 aliphatic carbocycles. The van der Waals surface area contributed by atoms with Gasteiger partial charge in [-0.1, -0.05) is 0 Å². The van der Waals surface area contributed by atoms with Gasteiger partial charge in [-0.2, -0.15) is 0 Å². The number of hydrogen-bond acceptors (Lipinski definition) is 6. The number of thiophene rings is 1. The molecule has 0 saturated heterocycles. The van der Waals surface area contributed by atoms with Crippen LogP contribution < -0.4 is 11.1 Å². The highest BCUT2D eigenvalue weighted by atomic mass is 32.2. The number of nitrogens with two attached hydrogens (primary N) is 1. The minimum Gasteiger partial charge on any atom is -0.381 e. The third-order valence-corrected chi connectivity index (χ3v) is 3.98. The van der Waals surface area contributed by atoms with E-state index < -0.39 is 28.1 Å². The predicted molar refractivity (Wildman–Crippen MR) is 71.8 cm³/mol. The molecule has 19 heavy (non-hydrogen) atoms. The van der Waals surface area contributed by atoms with Crippen molar-refractivity contribution in [3.8, 4) is 0 Å². The van der Waals surface area contributed by atoms with Gasteiger partial charge in [-0.3, -0.25) is 9.59 Å². The van der Waals surface area contributed by atoms with Crippen molar-refractivity contribution in [1.82, 2.24) is 0 Å². The number of aliphatic hydroxyl groups is 1. The molecule has 0 radical (unpaired) electrons. The first-order valence-corrected chi connectivity index (χ1v) is 7.37. The van der Waals surface area contributed by atoms with Gasteiger partial charge in [-0.25, -0.2) is 8.42 Å². The number of anilines is 1. The lowest BCUT2D eigenvalue weighted by molar-refractivity contribution is -0.130. The SMILES string of the molecule is CC(C)(O)C(=O)Nc1sc(C[SH](=O)=O)cc1C(N)=O. The third-order valence-electron chi connectivity index (χ3n) is 2.12. The Labute approximate surface area is 115 Å². The summed E-state index contributed by atoms with van der Waals surface area (Å²) < 4.78 is 21.3. The molecule has 0 aliphatic heterocycles. The highest BCUT2D eigenvalue weighted by Crippen LogP contribution is 2.29. The van der Waals surface area contributed by atoms with E-state index >= 15 is 0 Å². The number of carbonyl (C=O) groups is 2. The van der Waals surface area contributed by atoms with E-state index in [9.17, 15) is 23.1 Å². The predicted octanol–water partition coefficient (Wildman–Crippen LogP) is -0.332. The second kappa shape index (κ2) is 5.68. The number of primary amides is 1. The van der Waals surface area contributed by atoms with Crippen molar-refractivity contribution in [2.24, 2.45) is 5.73 Å². The molecule has 106 valence electrons. The van der Waals surface area contributed by atoms with E-state index in [1.54, 1.807) is 0 Å². The van der Waals surface area contributed by atoms with Crippen LogP contribution in [0.5, 0.6) is 0 Å². The van der Waals surface area contributed by atoms with Crippen LogP contribution in [0.3, 0.4) is 0 Å². The number of nitrogens with one attached hydrogen (secondary N) is 1. The molecule has 0 atom stereocenters. The molecule has 0 aliphatic rings. The van der Waals surface area contributed by atoms with Crippen LogP contribution in [-0.4, -0.2) is 30.9 Å². The summed E-state index contributed by atoms with van der Waals surface area (Å²) in [4.78, 5) is 23.2. The smallest absolute Gasteiger partial charge is 0.256 e. The maximum absolute atomic E-state index is 11.6. The number of amides is 2. The number of rotatable bonds is 5. The number of hydrogen-bond donors (Lipinski definition) is 4. The molecular weight excluding hydrogens is 292 g/mol. The van der Waals surface area contributed by atoms with E-state index in [-0.39, 0.29) is 16.3 Å². The van der Waals surface area contributed by atoms with Gasteiger partial charge in [0.15, 0.2) is 0 Å². The van der Waals surface area contributed by atoms with Crippen molar-refractivity contribution in [1.29, 1.82) is 0 Å². The van der Waals surface area contributed by atoms with Gasteiger partial charge in [0.1, 0.15) is 21.3 Å². The molecule has 0 fully saturated rings. The van der Waals surface area contributed by atoms with Crippen molar-refractivity contribution < 1.29 is 23.1 Å². The zero-order chi connectivity index (χ0) is 14.8. The maximum Gasteiger partial charge on any atom is 0.256 e. The highest BCUT2D eigenvalue weighted by molar-refractivity contribution is 7.71. The van der Waals surface area contributed by atoms with Crippen LogP contribution in [0.15, 0.2) is 6.07 Å².